The van der Waals surface area contributed by atoms with Crippen LogP contribution in [0.15, 0.2) is 34.9 Å². The fourth-order valence-electron chi connectivity index (χ4n) is 3.15. The van der Waals surface area contributed by atoms with Gasteiger partial charge in [-0.15, -0.1) is 0 Å². The van der Waals surface area contributed by atoms with E-state index in [1.54, 1.807) is 0 Å². The molecule has 1 saturated heterocycles. The molecule has 0 radical (unpaired) electrons. The number of likely N-dealkylation sites (tertiary alicyclic amines) is 1. The van der Waals surface area contributed by atoms with Crippen LogP contribution in [0.4, 0.5) is 0 Å². The van der Waals surface area contributed by atoms with Gasteiger partial charge in [-0.05, 0) is 45.0 Å². The van der Waals surface area contributed by atoms with E-state index in [9.17, 15) is 0 Å². The van der Waals surface area contributed by atoms with Crippen LogP contribution in [0.3, 0.4) is 0 Å². The van der Waals surface area contributed by atoms with Crippen molar-refractivity contribution in [3.05, 3.63) is 36.1 Å². The molecule has 1 atom stereocenters. The molecule has 1 aromatic heterocycles. The molecule has 3 nitrogen and oxygen atoms in total. The lowest BCUT2D eigenvalue weighted by atomic mass is 9.97. The van der Waals surface area contributed by atoms with Gasteiger partial charge in [0, 0.05) is 24.0 Å². The summed E-state index contributed by atoms with van der Waals surface area (Å²) in [5, 5.41) is 4.56. The third-order valence-electron chi connectivity index (χ3n) is 4.05. The van der Waals surface area contributed by atoms with Gasteiger partial charge in [-0.3, -0.25) is 4.90 Å². The molecule has 2 heterocycles. The minimum atomic E-state index is 0.789. The Morgan fingerprint density at radius 3 is 3.16 bits per heavy atom. The van der Waals surface area contributed by atoms with Gasteiger partial charge in [0.05, 0.1) is 6.26 Å². The van der Waals surface area contributed by atoms with E-state index in [1.165, 1.54) is 36.9 Å². The SMILES string of the molecule is CNCC1CCCN(Cc2coc3ccccc23)C1. The molecule has 0 aliphatic carbocycles. The van der Waals surface area contributed by atoms with Gasteiger partial charge in [0.15, 0.2) is 0 Å². The second-order valence-electron chi connectivity index (χ2n) is 5.56. The van der Waals surface area contributed by atoms with Crippen molar-refractivity contribution < 1.29 is 4.42 Å². The van der Waals surface area contributed by atoms with Gasteiger partial charge in [-0.2, -0.15) is 0 Å². The van der Waals surface area contributed by atoms with Crippen LogP contribution in [-0.2, 0) is 6.54 Å². The molecule has 1 aliphatic rings. The third kappa shape index (κ3) is 2.82. The minimum absolute atomic E-state index is 0.789. The topological polar surface area (TPSA) is 28.4 Å². The number of hydrogen-bond donors (Lipinski definition) is 1. The lowest BCUT2D eigenvalue weighted by molar-refractivity contribution is 0.167. The van der Waals surface area contributed by atoms with Crippen molar-refractivity contribution in [2.45, 2.75) is 19.4 Å². The third-order valence-corrected chi connectivity index (χ3v) is 4.05. The molecule has 3 rings (SSSR count). The number of rotatable bonds is 4. The van der Waals surface area contributed by atoms with Crippen molar-refractivity contribution in [3.63, 3.8) is 0 Å². The van der Waals surface area contributed by atoms with E-state index < -0.39 is 0 Å². The van der Waals surface area contributed by atoms with Crippen molar-refractivity contribution in [2.75, 3.05) is 26.7 Å². The molecular formula is C16H22N2O. The van der Waals surface area contributed by atoms with Gasteiger partial charge in [0.25, 0.3) is 0 Å². The predicted molar refractivity (Wildman–Crippen MR) is 78.1 cm³/mol. The van der Waals surface area contributed by atoms with Gasteiger partial charge >= 0.3 is 0 Å². The normalized spacial score (nSPS) is 21.0. The molecule has 0 spiro atoms. The molecule has 1 aromatic carbocycles. The Balaban J connectivity index is 1.70. The summed E-state index contributed by atoms with van der Waals surface area (Å²) in [7, 11) is 2.04. The maximum Gasteiger partial charge on any atom is 0.134 e. The van der Waals surface area contributed by atoms with Crippen LogP contribution < -0.4 is 5.32 Å². The summed E-state index contributed by atoms with van der Waals surface area (Å²) in [6.45, 7) is 4.54. The standard InChI is InChI=1S/C16H22N2O/c1-17-9-13-5-4-8-18(10-13)11-14-12-19-16-7-3-2-6-15(14)16/h2-3,6-7,12-13,17H,4-5,8-11H2,1H3. The first-order chi connectivity index (χ1) is 9.36. The largest absolute Gasteiger partial charge is 0.464 e. The Hall–Kier alpha value is -1.32. The first-order valence-electron chi connectivity index (χ1n) is 7.19. The molecule has 1 aliphatic heterocycles. The Morgan fingerprint density at radius 1 is 1.37 bits per heavy atom. The zero-order valence-electron chi connectivity index (χ0n) is 11.6. The second-order valence-corrected chi connectivity index (χ2v) is 5.56. The highest BCUT2D eigenvalue weighted by Crippen LogP contribution is 2.24. The summed E-state index contributed by atoms with van der Waals surface area (Å²) in [6, 6.07) is 8.31. The highest BCUT2D eigenvalue weighted by atomic mass is 16.3. The van der Waals surface area contributed by atoms with E-state index in [2.05, 4.69) is 22.3 Å². The minimum Gasteiger partial charge on any atom is -0.464 e. The number of piperidine rings is 1. The van der Waals surface area contributed by atoms with Crippen LogP contribution >= 0.6 is 0 Å². The highest BCUT2D eigenvalue weighted by Gasteiger charge is 2.20. The van der Waals surface area contributed by atoms with Crippen molar-refractivity contribution in [1.82, 2.24) is 10.2 Å². The van der Waals surface area contributed by atoms with Crippen molar-refractivity contribution in [2.24, 2.45) is 5.92 Å². The number of nitrogens with one attached hydrogen (secondary N) is 1. The number of hydrogen-bond acceptors (Lipinski definition) is 3. The summed E-state index contributed by atoms with van der Waals surface area (Å²) in [6.07, 6.45) is 4.58. The molecule has 102 valence electrons. The van der Waals surface area contributed by atoms with E-state index in [0.29, 0.717) is 0 Å². The molecular weight excluding hydrogens is 236 g/mol. The zero-order valence-corrected chi connectivity index (χ0v) is 11.6. The van der Waals surface area contributed by atoms with E-state index in [4.69, 9.17) is 4.42 Å². The van der Waals surface area contributed by atoms with Crippen LogP contribution in [0.2, 0.25) is 0 Å². The molecule has 1 unspecified atom stereocenters. The average molecular weight is 258 g/mol. The summed E-state index contributed by atoms with van der Waals surface area (Å²) in [4.78, 5) is 2.56. The number of benzene rings is 1. The first kappa shape index (κ1) is 12.7. The van der Waals surface area contributed by atoms with Gasteiger partial charge in [-0.25, -0.2) is 0 Å². The molecule has 1 fully saturated rings. The Morgan fingerprint density at radius 2 is 2.26 bits per heavy atom. The predicted octanol–water partition coefficient (Wildman–Crippen LogP) is 2.86. The monoisotopic (exact) mass is 258 g/mol. The maximum atomic E-state index is 5.63. The second kappa shape index (κ2) is 5.76. The van der Waals surface area contributed by atoms with Gasteiger partial charge < -0.3 is 9.73 Å². The number of para-hydroxylation sites is 1. The fourth-order valence-corrected chi connectivity index (χ4v) is 3.15. The fraction of sp³-hybridized carbons (Fsp3) is 0.500. The summed E-state index contributed by atoms with van der Waals surface area (Å²) < 4.78 is 5.63. The maximum absolute atomic E-state index is 5.63. The number of fused-ring (bicyclic) bond motifs is 1. The molecule has 3 heteroatoms. The Kier molecular flexibility index (Phi) is 3.85. The van der Waals surface area contributed by atoms with E-state index in [-0.39, 0.29) is 0 Å². The van der Waals surface area contributed by atoms with Crippen molar-refractivity contribution in [1.29, 1.82) is 0 Å². The van der Waals surface area contributed by atoms with Gasteiger partial charge in [-0.1, -0.05) is 18.2 Å². The summed E-state index contributed by atoms with van der Waals surface area (Å²) >= 11 is 0. The van der Waals surface area contributed by atoms with Crippen LogP contribution in [-0.4, -0.2) is 31.6 Å². The molecule has 0 saturated carbocycles. The van der Waals surface area contributed by atoms with Gasteiger partial charge in [0.1, 0.15) is 5.58 Å². The smallest absolute Gasteiger partial charge is 0.134 e. The Labute approximate surface area is 114 Å². The van der Waals surface area contributed by atoms with Crippen molar-refractivity contribution in [3.8, 4) is 0 Å². The molecule has 19 heavy (non-hydrogen) atoms. The molecule has 1 N–H and O–H groups in total. The quantitative estimate of drug-likeness (QED) is 0.914. The molecule has 0 amide bonds. The average Bonchev–Trinajstić information content (AvgIpc) is 2.83. The van der Waals surface area contributed by atoms with E-state index in [0.717, 1.165) is 24.6 Å². The highest BCUT2D eigenvalue weighted by molar-refractivity contribution is 5.80. The van der Waals surface area contributed by atoms with E-state index >= 15 is 0 Å². The summed E-state index contributed by atoms with van der Waals surface area (Å²) in [5.41, 5.74) is 2.32. The van der Waals surface area contributed by atoms with Crippen LogP contribution in [0.25, 0.3) is 11.0 Å². The van der Waals surface area contributed by atoms with Gasteiger partial charge in [0.2, 0.25) is 0 Å². The van der Waals surface area contributed by atoms with Crippen molar-refractivity contribution >= 4 is 11.0 Å². The summed E-state index contributed by atoms with van der Waals surface area (Å²) in [5.74, 6) is 0.789. The van der Waals surface area contributed by atoms with Crippen LogP contribution in [0.5, 0.6) is 0 Å². The lowest BCUT2D eigenvalue weighted by Gasteiger charge is -2.32. The molecule has 2 aromatic rings. The number of nitrogens with zero attached hydrogens (tertiary/aromatic N) is 1. The van der Waals surface area contributed by atoms with E-state index in [1.807, 2.05) is 25.4 Å². The van der Waals surface area contributed by atoms with Crippen LogP contribution in [0.1, 0.15) is 18.4 Å². The lowest BCUT2D eigenvalue weighted by Crippen LogP contribution is -2.38. The molecule has 0 bridgehead atoms. The zero-order chi connectivity index (χ0) is 13.1. The Bertz CT molecular complexity index is 532. The van der Waals surface area contributed by atoms with Crippen LogP contribution in [0, 0.1) is 5.92 Å². The first-order valence-corrected chi connectivity index (χ1v) is 7.19. The number of furan rings is 1.